The number of halogens is 4. The van der Waals surface area contributed by atoms with Gasteiger partial charge in [0.1, 0.15) is 0 Å². The molecule has 0 aliphatic rings. The summed E-state index contributed by atoms with van der Waals surface area (Å²) >= 11 is 23.3. The highest BCUT2D eigenvalue weighted by Gasteiger charge is 2.29. The largest absolute Gasteiger partial charge is 0.465 e. The summed E-state index contributed by atoms with van der Waals surface area (Å²) in [5.41, 5.74) is -0.573. The SMILES string of the molecule is COC(=O)c1c(Cl)c(Cl)c(Cl)c(Cl)c1C(=O)OC. The zero-order chi connectivity index (χ0) is 14.0. The maximum atomic E-state index is 11.6. The Morgan fingerprint density at radius 2 is 1.00 bits per heavy atom. The van der Waals surface area contributed by atoms with Crippen LogP contribution in [0.1, 0.15) is 20.7 Å². The molecule has 0 spiro atoms. The number of benzene rings is 1. The van der Waals surface area contributed by atoms with Gasteiger partial charge in [0.2, 0.25) is 0 Å². The number of hydrogen-bond donors (Lipinski definition) is 0. The summed E-state index contributed by atoms with van der Waals surface area (Å²) in [6.07, 6.45) is 0. The third kappa shape index (κ3) is 2.52. The quantitative estimate of drug-likeness (QED) is 0.469. The Bertz CT molecular complexity index is 480. The number of esters is 2. The van der Waals surface area contributed by atoms with Crippen LogP contribution in [0.3, 0.4) is 0 Å². The predicted octanol–water partition coefficient (Wildman–Crippen LogP) is 3.87. The molecule has 98 valence electrons. The van der Waals surface area contributed by atoms with Crippen molar-refractivity contribution < 1.29 is 19.1 Å². The predicted molar refractivity (Wildman–Crippen MR) is 69.2 cm³/mol. The Morgan fingerprint density at radius 1 is 0.722 bits per heavy atom. The molecule has 0 fully saturated rings. The average molecular weight is 332 g/mol. The van der Waals surface area contributed by atoms with Crippen LogP contribution in [0.25, 0.3) is 0 Å². The van der Waals surface area contributed by atoms with E-state index in [1.54, 1.807) is 0 Å². The van der Waals surface area contributed by atoms with Gasteiger partial charge in [0.15, 0.2) is 0 Å². The third-order valence-corrected chi connectivity index (χ3v) is 3.85. The smallest absolute Gasteiger partial charge is 0.340 e. The van der Waals surface area contributed by atoms with Gasteiger partial charge in [-0.25, -0.2) is 9.59 Å². The van der Waals surface area contributed by atoms with E-state index in [2.05, 4.69) is 9.47 Å². The second kappa shape index (κ2) is 5.97. The van der Waals surface area contributed by atoms with E-state index in [0.29, 0.717) is 0 Å². The molecule has 0 aliphatic carbocycles. The second-order valence-electron chi connectivity index (χ2n) is 2.99. The summed E-state index contributed by atoms with van der Waals surface area (Å²) in [5, 5.41) is -0.732. The molecule has 1 aromatic carbocycles. The standard InChI is InChI=1S/C10H6Cl4O4/c1-17-9(15)3-4(10(16)18-2)6(12)8(14)7(13)5(3)11/h1-2H3. The number of ether oxygens (including phenoxy) is 2. The first kappa shape index (κ1) is 15.4. The highest BCUT2D eigenvalue weighted by Crippen LogP contribution is 2.41. The first-order chi connectivity index (χ1) is 8.36. The van der Waals surface area contributed by atoms with Crippen molar-refractivity contribution in [3.05, 3.63) is 31.2 Å². The summed E-state index contributed by atoms with van der Waals surface area (Å²) in [7, 11) is 2.24. The molecule has 0 atom stereocenters. The number of carbonyl (C=O) groups is 2. The van der Waals surface area contributed by atoms with Gasteiger partial charge >= 0.3 is 11.9 Å². The minimum atomic E-state index is -0.874. The highest BCUT2D eigenvalue weighted by molar-refractivity contribution is 6.54. The lowest BCUT2D eigenvalue weighted by atomic mass is 10.1. The van der Waals surface area contributed by atoms with Crippen molar-refractivity contribution in [3.63, 3.8) is 0 Å². The first-order valence-electron chi connectivity index (χ1n) is 4.39. The molecule has 0 N–H and O–H groups in total. The minimum Gasteiger partial charge on any atom is -0.465 e. The molecule has 0 saturated heterocycles. The van der Waals surface area contributed by atoms with Gasteiger partial charge in [-0.05, 0) is 0 Å². The zero-order valence-electron chi connectivity index (χ0n) is 9.14. The van der Waals surface area contributed by atoms with E-state index in [1.807, 2.05) is 0 Å². The van der Waals surface area contributed by atoms with Crippen LogP contribution < -0.4 is 0 Å². The van der Waals surface area contributed by atoms with Crippen LogP contribution in [0.2, 0.25) is 20.1 Å². The van der Waals surface area contributed by atoms with Crippen LogP contribution in [0.15, 0.2) is 0 Å². The topological polar surface area (TPSA) is 52.6 Å². The zero-order valence-corrected chi connectivity index (χ0v) is 12.2. The summed E-state index contributed by atoms with van der Waals surface area (Å²) in [6, 6.07) is 0. The van der Waals surface area contributed by atoms with E-state index in [4.69, 9.17) is 46.4 Å². The molecule has 1 rings (SSSR count). The van der Waals surface area contributed by atoms with Gasteiger partial charge in [-0.1, -0.05) is 46.4 Å². The van der Waals surface area contributed by atoms with Gasteiger partial charge in [0.25, 0.3) is 0 Å². The Kier molecular flexibility index (Phi) is 5.10. The molecule has 0 heterocycles. The molecule has 1 aromatic rings. The van der Waals surface area contributed by atoms with Gasteiger partial charge in [0.05, 0.1) is 45.4 Å². The van der Waals surface area contributed by atoms with Crippen LogP contribution in [-0.4, -0.2) is 26.2 Å². The van der Waals surface area contributed by atoms with Crippen molar-refractivity contribution in [2.24, 2.45) is 0 Å². The van der Waals surface area contributed by atoms with E-state index in [0.717, 1.165) is 14.2 Å². The van der Waals surface area contributed by atoms with Gasteiger partial charge in [-0.15, -0.1) is 0 Å². The van der Waals surface area contributed by atoms with Gasteiger partial charge < -0.3 is 9.47 Å². The molecule has 18 heavy (non-hydrogen) atoms. The molecule has 0 saturated carbocycles. The Hall–Kier alpha value is -0.680. The summed E-state index contributed by atoms with van der Waals surface area (Å²) in [5.74, 6) is -1.75. The van der Waals surface area contributed by atoms with E-state index < -0.39 is 11.9 Å². The van der Waals surface area contributed by atoms with Crippen LogP contribution >= 0.6 is 46.4 Å². The third-order valence-electron chi connectivity index (χ3n) is 2.05. The minimum absolute atomic E-state index is 0.142. The van der Waals surface area contributed by atoms with Crippen LogP contribution in [0.5, 0.6) is 0 Å². The van der Waals surface area contributed by atoms with Crippen LogP contribution in [-0.2, 0) is 9.47 Å². The molecular weight excluding hydrogens is 326 g/mol. The van der Waals surface area contributed by atoms with Gasteiger partial charge in [-0.2, -0.15) is 0 Å². The van der Waals surface area contributed by atoms with E-state index in [9.17, 15) is 9.59 Å². The molecule has 0 unspecified atom stereocenters. The lowest BCUT2D eigenvalue weighted by molar-refractivity contribution is 0.0555. The molecule has 4 nitrogen and oxygen atoms in total. The Morgan fingerprint density at radius 3 is 1.22 bits per heavy atom. The van der Waals surface area contributed by atoms with Crippen LogP contribution in [0, 0.1) is 0 Å². The fourth-order valence-electron chi connectivity index (χ4n) is 1.22. The van der Waals surface area contributed by atoms with E-state index in [1.165, 1.54) is 0 Å². The van der Waals surface area contributed by atoms with E-state index in [-0.39, 0.29) is 31.2 Å². The van der Waals surface area contributed by atoms with Crippen molar-refractivity contribution in [2.45, 2.75) is 0 Å². The highest BCUT2D eigenvalue weighted by atomic mass is 35.5. The Balaban J connectivity index is 3.75. The van der Waals surface area contributed by atoms with Crippen molar-refractivity contribution >= 4 is 58.3 Å². The van der Waals surface area contributed by atoms with Gasteiger partial charge in [0, 0.05) is 0 Å². The molecular formula is C10H6Cl4O4. The second-order valence-corrected chi connectivity index (χ2v) is 4.50. The number of methoxy groups -OCH3 is 2. The summed E-state index contributed by atoms with van der Waals surface area (Å²) in [4.78, 5) is 23.2. The van der Waals surface area contributed by atoms with Crippen molar-refractivity contribution in [1.29, 1.82) is 0 Å². The maximum absolute atomic E-state index is 11.6. The summed E-state index contributed by atoms with van der Waals surface area (Å²) in [6.45, 7) is 0. The molecule has 0 radical (unpaired) electrons. The number of rotatable bonds is 2. The molecule has 8 heteroatoms. The number of carbonyl (C=O) groups excluding carboxylic acids is 2. The molecule has 0 bridgehead atoms. The fraction of sp³-hybridized carbons (Fsp3) is 0.200. The Labute approximate surface area is 123 Å². The lowest BCUT2D eigenvalue weighted by Crippen LogP contribution is -2.14. The lowest BCUT2D eigenvalue weighted by Gasteiger charge is -2.13. The monoisotopic (exact) mass is 330 g/mol. The molecule has 0 amide bonds. The van der Waals surface area contributed by atoms with E-state index >= 15 is 0 Å². The number of hydrogen-bond acceptors (Lipinski definition) is 4. The molecule has 0 aromatic heterocycles. The fourth-order valence-corrected chi connectivity index (χ4v) is 2.23. The van der Waals surface area contributed by atoms with Crippen LogP contribution in [0.4, 0.5) is 0 Å². The first-order valence-corrected chi connectivity index (χ1v) is 5.90. The maximum Gasteiger partial charge on any atom is 0.340 e. The van der Waals surface area contributed by atoms with Gasteiger partial charge in [-0.3, -0.25) is 0 Å². The average Bonchev–Trinajstić information content (AvgIpc) is 2.38. The normalized spacial score (nSPS) is 10.1. The van der Waals surface area contributed by atoms with Crippen molar-refractivity contribution in [3.8, 4) is 0 Å². The van der Waals surface area contributed by atoms with Crippen molar-refractivity contribution in [2.75, 3.05) is 14.2 Å². The van der Waals surface area contributed by atoms with Crippen molar-refractivity contribution in [1.82, 2.24) is 0 Å². The summed E-state index contributed by atoms with van der Waals surface area (Å²) < 4.78 is 9.02. The molecule has 0 aliphatic heterocycles.